The van der Waals surface area contributed by atoms with Gasteiger partial charge in [-0.3, -0.25) is 9.89 Å². The highest BCUT2D eigenvalue weighted by Crippen LogP contribution is 2.21. The molecule has 3 rings (SSSR count). The maximum Gasteiger partial charge on any atom is 0.333 e. The van der Waals surface area contributed by atoms with Crippen LogP contribution in [0.25, 0.3) is 10.8 Å². The van der Waals surface area contributed by atoms with Crippen molar-refractivity contribution >= 4 is 22.6 Å². The predicted octanol–water partition coefficient (Wildman–Crippen LogP) is 2.44. The van der Waals surface area contributed by atoms with E-state index in [0.29, 0.717) is 11.3 Å². The predicted molar refractivity (Wildman–Crippen MR) is 93.9 cm³/mol. The van der Waals surface area contributed by atoms with Gasteiger partial charge in [0.2, 0.25) is 5.91 Å². The van der Waals surface area contributed by atoms with Gasteiger partial charge in [-0.1, -0.05) is 36.4 Å². The van der Waals surface area contributed by atoms with Gasteiger partial charge in [-0.2, -0.15) is 5.10 Å². The molecule has 0 unspecified atom stereocenters. The summed E-state index contributed by atoms with van der Waals surface area (Å²) in [5, 5.41) is 11.6. The Morgan fingerprint density at radius 1 is 1.16 bits per heavy atom. The van der Waals surface area contributed by atoms with E-state index in [1.807, 2.05) is 49.4 Å². The smallest absolute Gasteiger partial charge is 0.333 e. The van der Waals surface area contributed by atoms with Crippen LogP contribution in [-0.2, 0) is 20.7 Å². The molecule has 3 aromatic rings. The van der Waals surface area contributed by atoms with Crippen LogP contribution >= 0.6 is 0 Å². The molecular formula is C19H19N3O3. The highest BCUT2D eigenvalue weighted by molar-refractivity contribution is 5.89. The molecule has 2 N–H and O–H groups in total. The second-order valence-electron chi connectivity index (χ2n) is 5.85. The summed E-state index contributed by atoms with van der Waals surface area (Å²) in [6.45, 7) is 1.86. The molecule has 128 valence electrons. The van der Waals surface area contributed by atoms with Gasteiger partial charge in [0.25, 0.3) is 0 Å². The van der Waals surface area contributed by atoms with E-state index in [-0.39, 0.29) is 12.3 Å². The van der Waals surface area contributed by atoms with E-state index in [1.165, 1.54) is 7.11 Å². The van der Waals surface area contributed by atoms with Crippen LogP contribution in [0.4, 0.5) is 0 Å². The molecule has 0 spiro atoms. The van der Waals surface area contributed by atoms with E-state index < -0.39 is 12.0 Å². The van der Waals surface area contributed by atoms with Crippen molar-refractivity contribution in [3.05, 3.63) is 65.5 Å². The Morgan fingerprint density at radius 3 is 2.60 bits per heavy atom. The number of ether oxygens (including phenoxy) is 1. The molecule has 1 amide bonds. The number of hydrogen-bond donors (Lipinski definition) is 2. The van der Waals surface area contributed by atoms with Crippen molar-refractivity contribution in [2.75, 3.05) is 7.11 Å². The molecule has 1 heterocycles. The Labute approximate surface area is 145 Å². The summed E-state index contributed by atoms with van der Waals surface area (Å²) < 4.78 is 4.86. The Morgan fingerprint density at radius 2 is 1.92 bits per heavy atom. The molecule has 25 heavy (non-hydrogen) atoms. The molecule has 6 heteroatoms. The summed E-state index contributed by atoms with van der Waals surface area (Å²) in [6, 6.07) is 14.4. The average Bonchev–Trinajstić information content (AvgIpc) is 3.03. The van der Waals surface area contributed by atoms with Gasteiger partial charge in [-0.25, -0.2) is 4.79 Å². The topological polar surface area (TPSA) is 84.1 Å². The van der Waals surface area contributed by atoms with Gasteiger partial charge in [-0.05, 0) is 35.4 Å². The lowest BCUT2D eigenvalue weighted by atomic mass is 10.0. The van der Waals surface area contributed by atoms with Crippen molar-refractivity contribution in [3.8, 4) is 0 Å². The van der Waals surface area contributed by atoms with Crippen LogP contribution in [0.1, 0.15) is 23.0 Å². The maximum absolute atomic E-state index is 12.3. The first-order valence-electron chi connectivity index (χ1n) is 7.93. The molecule has 0 fully saturated rings. The fourth-order valence-corrected chi connectivity index (χ4v) is 2.73. The molecule has 0 aliphatic carbocycles. The van der Waals surface area contributed by atoms with Crippen molar-refractivity contribution < 1.29 is 14.3 Å². The van der Waals surface area contributed by atoms with Crippen LogP contribution in [-0.4, -0.2) is 29.2 Å². The van der Waals surface area contributed by atoms with Gasteiger partial charge < -0.3 is 10.1 Å². The van der Waals surface area contributed by atoms with Crippen LogP contribution in [0.3, 0.4) is 0 Å². The van der Waals surface area contributed by atoms with Gasteiger partial charge in [0.15, 0.2) is 6.04 Å². The number of methoxy groups -OCH3 is 1. The normalized spacial score (nSPS) is 11.9. The van der Waals surface area contributed by atoms with Crippen molar-refractivity contribution in [3.63, 3.8) is 0 Å². The quantitative estimate of drug-likeness (QED) is 0.701. The van der Waals surface area contributed by atoms with Gasteiger partial charge in [-0.15, -0.1) is 0 Å². The Bertz CT molecular complexity index is 917. The lowest BCUT2D eigenvalue weighted by Crippen LogP contribution is -2.35. The minimum absolute atomic E-state index is 0.0887. The lowest BCUT2D eigenvalue weighted by Gasteiger charge is -2.17. The van der Waals surface area contributed by atoms with Crippen molar-refractivity contribution in [1.82, 2.24) is 15.5 Å². The van der Waals surface area contributed by atoms with Crippen LogP contribution in [0.15, 0.2) is 48.5 Å². The number of rotatable bonds is 5. The van der Waals surface area contributed by atoms with Gasteiger partial charge >= 0.3 is 5.97 Å². The molecule has 0 radical (unpaired) electrons. The van der Waals surface area contributed by atoms with E-state index in [4.69, 9.17) is 4.74 Å². The first-order valence-corrected chi connectivity index (χ1v) is 7.93. The highest BCUT2D eigenvalue weighted by atomic mass is 16.5. The molecule has 0 bridgehead atoms. The second kappa shape index (κ2) is 7.17. The first kappa shape index (κ1) is 16.7. The monoisotopic (exact) mass is 337 g/mol. The van der Waals surface area contributed by atoms with Crippen LogP contribution in [0.2, 0.25) is 0 Å². The number of nitrogens with one attached hydrogen (secondary N) is 2. The van der Waals surface area contributed by atoms with Crippen molar-refractivity contribution in [2.45, 2.75) is 19.4 Å². The number of nitrogens with zero attached hydrogens (tertiary/aromatic N) is 1. The molecular weight excluding hydrogens is 318 g/mol. The summed E-state index contributed by atoms with van der Waals surface area (Å²) in [7, 11) is 1.31. The lowest BCUT2D eigenvalue weighted by molar-refractivity contribution is -0.145. The number of carbonyl (C=O) groups is 2. The fourth-order valence-electron chi connectivity index (χ4n) is 2.73. The summed E-state index contributed by atoms with van der Waals surface area (Å²) >= 11 is 0. The fraction of sp³-hybridized carbons (Fsp3) is 0.211. The third kappa shape index (κ3) is 3.85. The van der Waals surface area contributed by atoms with Crippen LogP contribution in [0.5, 0.6) is 0 Å². The van der Waals surface area contributed by atoms with E-state index in [9.17, 15) is 9.59 Å². The minimum atomic E-state index is -0.859. The number of benzene rings is 2. The molecule has 0 saturated carbocycles. The third-order valence-corrected chi connectivity index (χ3v) is 3.95. The average molecular weight is 337 g/mol. The van der Waals surface area contributed by atoms with E-state index >= 15 is 0 Å². The standard InChI is InChI=1S/C19H19N3O3/c1-12-9-16(22-21-12)11-17(23)20-18(19(24)25-2)15-8-7-13-5-3-4-6-14(13)10-15/h3-10,18H,11H2,1-2H3,(H,20,23)(H,21,22)/t18-/m1/s1. The number of esters is 1. The van der Waals surface area contributed by atoms with E-state index in [0.717, 1.165) is 16.5 Å². The van der Waals surface area contributed by atoms with Gasteiger partial charge in [0.05, 0.1) is 19.2 Å². The largest absolute Gasteiger partial charge is 0.467 e. The van der Waals surface area contributed by atoms with Crippen molar-refractivity contribution in [1.29, 1.82) is 0 Å². The number of aromatic amines is 1. The van der Waals surface area contributed by atoms with E-state index in [1.54, 1.807) is 6.07 Å². The number of H-pyrrole nitrogens is 1. The summed E-state index contributed by atoms with van der Waals surface area (Å²) in [5.74, 6) is -0.808. The number of fused-ring (bicyclic) bond motifs is 1. The number of aryl methyl sites for hydroxylation is 1. The first-order chi connectivity index (χ1) is 12.1. The zero-order valence-electron chi connectivity index (χ0n) is 14.1. The number of hydrogen-bond acceptors (Lipinski definition) is 4. The van der Waals surface area contributed by atoms with E-state index in [2.05, 4.69) is 15.5 Å². The Balaban J connectivity index is 1.83. The molecule has 2 aromatic carbocycles. The Kier molecular flexibility index (Phi) is 4.79. The summed E-state index contributed by atoms with van der Waals surface area (Å²) in [5.41, 5.74) is 2.18. The summed E-state index contributed by atoms with van der Waals surface area (Å²) in [6.07, 6.45) is 0.0887. The SMILES string of the molecule is COC(=O)[C@H](NC(=O)Cc1cc(C)[nH]n1)c1ccc2ccccc2c1. The second-order valence-corrected chi connectivity index (χ2v) is 5.85. The maximum atomic E-state index is 12.3. The van der Waals surface area contributed by atoms with Gasteiger partial charge in [0.1, 0.15) is 0 Å². The number of carbonyl (C=O) groups excluding carboxylic acids is 2. The van der Waals surface area contributed by atoms with Crippen molar-refractivity contribution in [2.24, 2.45) is 0 Å². The number of aromatic nitrogens is 2. The molecule has 0 aliphatic rings. The van der Waals surface area contributed by atoms with Crippen LogP contribution in [0, 0.1) is 6.92 Å². The molecule has 0 saturated heterocycles. The van der Waals surface area contributed by atoms with Crippen LogP contribution < -0.4 is 5.32 Å². The molecule has 1 aromatic heterocycles. The summed E-state index contributed by atoms with van der Waals surface area (Å²) in [4.78, 5) is 24.5. The zero-order valence-corrected chi connectivity index (χ0v) is 14.1. The highest BCUT2D eigenvalue weighted by Gasteiger charge is 2.24. The van der Waals surface area contributed by atoms with Gasteiger partial charge in [0, 0.05) is 5.69 Å². The molecule has 1 atom stereocenters. The molecule has 0 aliphatic heterocycles. The third-order valence-electron chi connectivity index (χ3n) is 3.95. The zero-order chi connectivity index (χ0) is 17.8. The molecule has 6 nitrogen and oxygen atoms in total. The number of amides is 1. The Hall–Kier alpha value is -3.15. The minimum Gasteiger partial charge on any atom is -0.467 e.